The van der Waals surface area contributed by atoms with Gasteiger partial charge in [-0.3, -0.25) is 0 Å². The van der Waals surface area contributed by atoms with E-state index in [9.17, 15) is 0 Å². The molecule has 1 aromatic heterocycles. The second kappa shape index (κ2) is 6.33. The molecule has 0 radical (unpaired) electrons. The molecular formula is C15H19N3OSe. The van der Waals surface area contributed by atoms with Crippen LogP contribution in [-0.4, -0.2) is 31.2 Å². The molecule has 0 N–H and O–H groups in total. The standard InChI is InChI=1S/C15H19N3OSe/c1-10(2)16-14-18(11(3)4)15(20)17-13(19-14)12-8-6-5-7-9-12/h5-11H,1-4H3. The Morgan fingerprint density at radius 3 is 2.35 bits per heavy atom. The van der Waals surface area contributed by atoms with Crippen molar-refractivity contribution in [3.05, 3.63) is 40.3 Å². The van der Waals surface area contributed by atoms with Gasteiger partial charge in [0, 0.05) is 0 Å². The maximum atomic E-state index is 5.91. The van der Waals surface area contributed by atoms with Gasteiger partial charge in [-0.15, -0.1) is 0 Å². The minimum atomic E-state index is 0.161. The Morgan fingerprint density at radius 2 is 1.80 bits per heavy atom. The normalized spacial score (nSPS) is 12.4. The predicted molar refractivity (Wildman–Crippen MR) is 80.0 cm³/mol. The molecule has 2 rings (SSSR count). The monoisotopic (exact) mass is 337 g/mol. The average Bonchev–Trinajstić information content (AvgIpc) is 2.38. The molecule has 0 unspecified atom stereocenters. The van der Waals surface area contributed by atoms with Gasteiger partial charge in [0.15, 0.2) is 0 Å². The fourth-order valence-corrected chi connectivity index (χ4v) is 2.62. The molecule has 1 aromatic carbocycles. The van der Waals surface area contributed by atoms with Crippen molar-refractivity contribution in [1.82, 2.24) is 9.55 Å². The molecule has 0 aliphatic rings. The first-order valence-corrected chi connectivity index (χ1v) is 7.57. The molecule has 106 valence electrons. The summed E-state index contributed by atoms with van der Waals surface area (Å²) >= 11 is 3.01. The van der Waals surface area contributed by atoms with Gasteiger partial charge in [0.25, 0.3) is 0 Å². The molecule has 4 nitrogen and oxygen atoms in total. The zero-order valence-corrected chi connectivity index (χ0v) is 13.9. The van der Waals surface area contributed by atoms with Crippen LogP contribution in [0.25, 0.3) is 11.5 Å². The van der Waals surface area contributed by atoms with E-state index in [0.717, 1.165) is 9.89 Å². The Balaban J connectivity index is 2.71. The van der Waals surface area contributed by atoms with Crippen LogP contribution in [-0.2, 0) is 0 Å². The van der Waals surface area contributed by atoms with Gasteiger partial charge in [-0.1, -0.05) is 0 Å². The van der Waals surface area contributed by atoms with E-state index in [1.807, 2.05) is 48.7 Å². The third-order valence-electron chi connectivity index (χ3n) is 2.70. The number of benzene rings is 1. The first kappa shape index (κ1) is 14.9. The van der Waals surface area contributed by atoms with E-state index in [4.69, 9.17) is 4.42 Å². The first-order valence-electron chi connectivity index (χ1n) is 6.72. The average molecular weight is 336 g/mol. The summed E-state index contributed by atoms with van der Waals surface area (Å²) in [5.41, 5.74) is 1.54. The fourth-order valence-electron chi connectivity index (χ4n) is 1.84. The van der Waals surface area contributed by atoms with Crippen LogP contribution >= 0.6 is 0 Å². The molecule has 0 amide bonds. The van der Waals surface area contributed by atoms with Crippen molar-refractivity contribution < 1.29 is 4.42 Å². The van der Waals surface area contributed by atoms with E-state index in [2.05, 4.69) is 39.4 Å². The molecule has 0 aliphatic heterocycles. The molecule has 0 bridgehead atoms. The van der Waals surface area contributed by atoms with Crippen molar-refractivity contribution >= 4 is 15.6 Å². The van der Waals surface area contributed by atoms with Gasteiger partial charge in [-0.05, 0) is 0 Å². The summed E-state index contributed by atoms with van der Waals surface area (Å²) in [4.78, 5) is 9.08. The van der Waals surface area contributed by atoms with Crippen molar-refractivity contribution in [2.75, 3.05) is 0 Å². The fraction of sp³-hybridized carbons (Fsp3) is 0.400. The van der Waals surface area contributed by atoms with Crippen LogP contribution in [0, 0.1) is 4.32 Å². The summed E-state index contributed by atoms with van der Waals surface area (Å²) in [6, 6.07) is 10.2. The van der Waals surface area contributed by atoms with Gasteiger partial charge in [-0.2, -0.15) is 0 Å². The van der Waals surface area contributed by atoms with Gasteiger partial charge < -0.3 is 0 Å². The SMILES string of the molecule is CC(C)N=c1oc(-c2ccccc2)nc(=[Se])n1C(C)C. The van der Waals surface area contributed by atoms with Crippen molar-refractivity contribution in [2.45, 2.75) is 39.8 Å². The predicted octanol–water partition coefficient (Wildman–Crippen LogP) is 2.73. The van der Waals surface area contributed by atoms with Gasteiger partial charge in [0.05, 0.1) is 0 Å². The van der Waals surface area contributed by atoms with Crippen LogP contribution in [0.1, 0.15) is 33.7 Å². The maximum absolute atomic E-state index is 5.91. The molecule has 0 atom stereocenters. The summed E-state index contributed by atoms with van der Waals surface area (Å²) in [6.07, 6.45) is 0. The Labute approximate surface area is 126 Å². The topological polar surface area (TPSA) is 43.3 Å². The summed E-state index contributed by atoms with van der Waals surface area (Å²) in [7, 11) is 0. The number of nitrogens with zero attached hydrogens (tertiary/aromatic N) is 3. The van der Waals surface area contributed by atoms with Gasteiger partial charge in [0.1, 0.15) is 0 Å². The van der Waals surface area contributed by atoms with Crippen LogP contribution in [0.2, 0.25) is 0 Å². The third kappa shape index (κ3) is 3.35. The summed E-state index contributed by atoms with van der Waals surface area (Å²) in [5.74, 6) is 0.579. The molecular weight excluding hydrogens is 317 g/mol. The summed E-state index contributed by atoms with van der Waals surface area (Å²) < 4.78 is 8.66. The Kier molecular flexibility index (Phi) is 4.73. The molecule has 2 aromatic rings. The molecule has 1 heterocycles. The molecule has 5 heteroatoms. The summed E-state index contributed by atoms with van der Waals surface area (Å²) in [6.45, 7) is 8.23. The van der Waals surface area contributed by atoms with Gasteiger partial charge in [-0.25, -0.2) is 0 Å². The number of aromatic nitrogens is 2. The Hall–Kier alpha value is -1.45. The van der Waals surface area contributed by atoms with E-state index >= 15 is 0 Å². The van der Waals surface area contributed by atoms with Crippen molar-refractivity contribution in [3.63, 3.8) is 0 Å². The quantitative estimate of drug-likeness (QED) is 0.809. The van der Waals surface area contributed by atoms with E-state index < -0.39 is 0 Å². The molecule has 0 fully saturated rings. The van der Waals surface area contributed by atoms with Crippen LogP contribution < -0.4 is 5.68 Å². The number of hydrogen-bond acceptors (Lipinski definition) is 3. The van der Waals surface area contributed by atoms with Crippen molar-refractivity contribution in [1.29, 1.82) is 0 Å². The molecule has 0 aliphatic carbocycles. The van der Waals surface area contributed by atoms with Crippen molar-refractivity contribution in [3.8, 4) is 11.5 Å². The zero-order valence-electron chi connectivity index (χ0n) is 12.2. The van der Waals surface area contributed by atoms with Crippen LogP contribution in [0.5, 0.6) is 0 Å². The van der Waals surface area contributed by atoms with E-state index in [1.54, 1.807) is 0 Å². The van der Waals surface area contributed by atoms with Gasteiger partial charge >= 0.3 is 126 Å². The molecule has 20 heavy (non-hydrogen) atoms. The summed E-state index contributed by atoms with van der Waals surface area (Å²) in [5, 5.41) is 0. The molecule has 0 spiro atoms. The first-order chi connectivity index (χ1) is 9.49. The molecule has 0 saturated heterocycles. The zero-order chi connectivity index (χ0) is 14.7. The number of hydrogen-bond donors (Lipinski definition) is 0. The van der Waals surface area contributed by atoms with Crippen LogP contribution in [0.15, 0.2) is 39.7 Å². The minimum absolute atomic E-state index is 0.161. The van der Waals surface area contributed by atoms with Crippen LogP contribution in [0.4, 0.5) is 0 Å². The van der Waals surface area contributed by atoms with Crippen LogP contribution in [0.3, 0.4) is 0 Å². The second-order valence-corrected chi connectivity index (χ2v) is 5.90. The Morgan fingerprint density at radius 1 is 1.15 bits per heavy atom. The second-order valence-electron chi connectivity index (χ2n) is 5.14. The number of rotatable bonds is 3. The van der Waals surface area contributed by atoms with E-state index in [1.165, 1.54) is 0 Å². The third-order valence-corrected chi connectivity index (χ3v) is 3.31. The van der Waals surface area contributed by atoms with Gasteiger partial charge in [0.2, 0.25) is 0 Å². The van der Waals surface area contributed by atoms with Crippen molar-refractivity contribution in [2.24, 2.45) is 4.99 Å². The van der Waals surface area contributed by atoms with E-state index in [0.29, 0.717) is 11.6 Å². The Bertz CT molecular complexity index is 699. The molecule has 0 saturated carbocycles. The van der Waals surface area contributed by atoms with E-state index in [-0.39, 0.29) is 12.1 Å².